The Morgan fingerprint density at radius 2 is 1.78 bits per heavy atom. The number of hydrogen-bond donors (Lipinski definition) is 1. The molecule has 1 fully saturated rings. The molecule has 1 heterocycles. The maximum Gasteiger partial charge on any atom is 0.416 e. The van der Waals surface area contributed by atoms with Crippen molar-refractivity contribution < 1.29 is 18.0 Å². The summed E-state index contributed by atoms with van der Waals surface area (Å²) in [6, 6.07) is 14.7. The van der Waals surface area contributed by atoms with Crippen molar-refractivity contribution in [2.24, 2.45) is 5.92 Å². The Kier molecular flexibility index (Phi) is 6.55. The zero-order valence-corrected chi connectivity index (χ0v) is 18.0. The summed E-state index contributed by atoms with van der Waals surface area (Å²) in [5.41, 5.74) is 0.980. The minimum Gasteiger partial charge on any atom is -0.349 e. The summed E-state index contributed by atoms with van der Waals surface area (Å²) in [5, 5.41) is 7.52. The maximum absolute atomic E-state index is 13.0. The first-order chi connectivity index (χ1) is 15.3. The fourth-order valence-electron chi connectivity index (χ4n) is 4.12. The van der Waals surface area contributed by atoms with E-state index in [0.717, 1.165) is 61.7 Å². The van der Waals surface area contributed by atoms with Gasteiger partial charge in [0.2, 0.25) is 0 Å². The summed E-state index contributed by atoms with van der Waals surface area (Å²) >= 11 is 5.98. The van der Waals surface area contributed by atoms with Crippen LogP contribution < -0.4 is 5.32 Å². The second-order valence-electron chi connectivity index (χ2n) is 8.17. The van der Waals surface area contributed by atoms with E-state index in [1.54, 1.807) is 0 Å². The number of benzene rings is 2. The van der Waals surface area contributed by atoms with Crippen molar-refractivity contribution in [1.29, 1.82) is 0 Å². The van der Waals surface area contributed by atoms with Gasteiger partial charge in [0.25, 0.3) is 5.91 Å². The lowest BCUT2D eigenvalue weighted by atomic mass is 9.86. The summed E-state index contributed by atoms with van der Waals surface area (Å²) in [4.78, 5) is 12.5. The molecule has 4 nitrogen and oxygen atoms in total. The van der Waals surface area contributed by atoms with Gasteiger partial charge in [0.1, 0.15) is 0 Å². The fraction of sp³-hybridized carbons (Fsp3) is 0.333. The molecule has 1 aliphatic rings. The molecule has 1 saturated carbocycles. The van der Waals surface area contributed by atoms with E-state index in [1.807, 2.05) is 47.3 Å². The molecule has 0 aliphatic heterocycles. The van der Waals surface area contributed by atoms with Crippen LogP contribution in [0.4, 0.5) is 13.2 Å². The maximum atomic E-state index is 13.0. The molecule has 3 aromatic rings. The zero-order chi connectivity index (χ0) is 22.7. The summed E-state index contributed by atoms with van der Waals surface area (Å²) in [6.07, 6.45) is 0.791. The number of halogens is 4. The van der Waals surface area contributed by atoms with Crippen molar-refractivity contribution in [2.45, 2.75) is 44.4 Å². The van der Waals surface area contributed by atoms with Gasteiger partial charge in [-0.3, -0.25) is 9.48 Å². The summed E-state index contributed by atoms with van der Waals surface area (Å²) in [7, 11) is 0. The Hall–Kier alpha value is -2.80. The highest BCUT2D eigenvalue weighted by molar-refractivity contribution is 6.33. The first kappa shape index (κ1) is 22.4. The molecule has 1 aliphatic carbocycles. The first-order valence-electron chi connectivity index (χ1n) is 10.6. The molecule has 0 saturated heterocycles. The number of amides is 1. The predicted molar refractivity (Wildman–Crippen MR) is 117 cm³/mol. The van der Waals surface area contributed by atoms with Crippen LogP contribution in [0.2, 0.25) is 5.02 Å². The molecule has 2 aromatic carbocycles. The molecule has 0 unspecified atom stereocenters. The highest BCUT2D eigenvalue weighted by Gasteiger charge is 2.32. The summed E-state index contributed by atoms with van der Waals surface area (Å²) < 4.78 is 40.8. The van der Waals surface area contributed by atoms with Gasteiger partial charge < -0.3 is 5.32 Å². The van der Waals surface area contributed by atoms with Gasteiger partial charge in [-0.15, -0.1) is 0 Å². The number of nitrogens with zero attached hydrogens (tertiary/aromatic N) is 2. The molecule has 4 rings (SSSR count). The molecule has 0 radical (unpaired) electrons. The van der Waals surface area contributed by atoms with Gasteiger partial charge in [-0.1, -0.05) is 41.9 Å². The molecule has 1 aromatic heterocycles. The summed E-state index contributed by atoms with van der Waals surface area (Å²) in [5.74, 6) is -0.132. The van der Waals surface area contributed by atoms with Crippen LogP contribution in [0.25, 0.3) is 11.3 Å². The van der Waals surface area contributed by atoms with Gasteiger partial charge in [-0.05, 0) is 55.9 Å². The SMILES string of the molecule is O=C(NC1CCC(Cn2ccc(-c3ccccc3)n2)CC1)c1cc(C(F)(F)F)ccc1Cl. The molecule has 0 bridgehead atoms. The fourth-order valence-corrected chi connectivity index (χ4v) is 4.32. The van der Waals surface area contributed by atoms with E-state index in [4.69, 9.17) is 11.6 Å². The highest BCUT2D eigenvalue weighted by Crippen LogP contribution is 2.32. The third-order valence-electron chi connectivity index (χ3n) is 5.88. The summed E-state index contributed by atoms with van der Waals surface area (Å²) in [6.45, 7) is 0.799. The van der Waals surface area contributed by atoms with Crippen LogP contribution in [0.3, 0.4) is 0 Å². The van der Waals surface area contributed by atoms with Crippen molar-refractivity contribution in [1.82, 2.24) is 15.1 Å². The van der Waals surface area contributed by atoms with E-state index in [0.29, 0.717) is 5.92 Å². The molecular weight excluding hydrogens is 439 g/mol. The molecule has 168 valence electrons. The minimum absolute atomic E-state index is 0.0112. The standard InChI is InChI=1S/C24H23ClF3N3O/c25-21-11-8-18(24(26,27)28)14-20(21)23(32)29-19-9-6-16(7-10-19)15-31-13-12-22(30-31)17-4-2-1-3-5-17/h1-5,8,11-14,16,19H,6-7,9-10,15H2,(H,29,32). The average Bonchev–Trinajstić information content (AvgIpc) is 3.24. The molecule has 1 N–H and O–H groups in total. The van der Waals surface area contributed by atoms with Crippen molar-refractivity contribution in [3.05, 3.63) is 76.9 Å². The van der Waals surface area contributed by atoms with Gasteiger partial charge >= 0.3 is 6.18 Å². The second-order valence-corrected chi connectivity index (χ2v) is 8.58. The largest absolute Gasteiger partial charge is 0.416 e. The van der Waals surface area contributed by atoms with E-state index in [-0.39, 0.29) is 16.6 Å². The van der Waals surface area contributed by atoms with Crippen LogP contribution in [0.15, 0.2) is 60.8 Å². The van der Waals surface area contributed by atoms with E-state index in [9.17, 15) is 18.0 Å². The molecular formula is C24H23ClF3N3O. The molecule has 0 spiro atoms. The number of alkyl halides is 3. The molecule has 1 amide bonds. The molecule has 32 heavy (non-hydrogen) atoms. The van der Waals surface area contributed by atoms with Crippen LogP contribution in [0.1, 0.15) is 41.6 Å². The Labute approximate surface area is 189 Å². The first-order valence-corrected chi connectivity index (χ1v) is 10.9. The van der Waals surface area contributed by atoms with Crippen molar-refractivity contribution >= 4 is 17.5 Å². The quantitative estimate of drug-likeness (QED) is 0.491. The third-order valence-corrected chi connectivity index (χ3v) is 6.21. The number of aromatic nitrogens is 2. The van der Waals surface area contributed by atoms with Crippen LogP contribution in [0, 0.1) is 5.92 Å². The Bertz CT molecular complexity index is 1070. The van der Waals surface area contributed by atoms with Crippen LogP contribution in [0.5, 0.6) is 0 Å². The molecule has 8 heteroatoms. The van der Waals surface area contributed by atoms with Gasteiger partial charge in [-0.2, -0.15) is 18.3 Å². The van der Waals surface area contributed by atoms with Crippen molar-refractivity contribution in [3.63, 3.8) is 0 Å². The number of rotatable bonds is 5. The number of nitrogens with one attached hydrogen (secondary N) is 1. The molecule has 0 atom stereocenters. The van der Waals surface area contributed by atoms with Crippen molar-refractivity contribution in [2.75, 3.05) is 0 Å². The van der Waals surface area contributed by atoms with E-state index >= 15 is 0 Å². The van der Waals surface area contributed by atoms with Crippen molar-refractivity contribution in [3.8, 4) is 11.3 Å². The lowest BCUT2D eigenvalue weighted by molar-refractivity contribution is -0.137. The smallest absolute Gasteiger partial charge is 0.349 e. The number of hydrogen-bond acceptors (Lipinski definition) is 2. The topological polar surface area (TPSA) is 46.9 Å². The van der Waals surface area contributed by atoms with Gasteiger partial charge in [0.15, 0.2) is 0 Å². The Morgan fingerprint density at radius 3 is 2.47 bits per heavy atom. The third kappa shape index (κ3) is 5.33. The van der Waals surface area contributed by atoms with Gasteiger partial charge in [-0.25, -0.2) is 0 Å². The van der Waals surface area contributed by atoms with E-state index in [1.165, 1.54) is 0 Å². The monoisotopic (exact) mass is 461 g/mol. The van der Waals surface area contributed by atoms with Crippen LogP contribution >= 0.6 is 11.6 Å². The zero-order valence-electron chi connectivity index (χ0n) is 17.3. The average molecular weight is 462 g/mol. The lowest BCUT2D eigenvalue weighted by Gasteiger charge is -2.29. The normalized spacial score (nSPS) is 19.0. The number of carbonyl (C=O) groups excluding carboxylic acids is 1. The van der Waals surface area contributed by atoms with Gasteiger partial charge in [0, 0.05) is 24.3 Å². The predicted octanol–water partition coefficient (Wildman–Crippen LogP) is 6.21. The number of carbonyl (C=O) groups is 1. The minimum atomic E-state index is -4.52. The van der Waals surface area contributed by atoms with E-state index < -0.39 is 17.6 Å². The Balaban J connectivity index is 1.31. The second kappa shape index (κ2) is 9.36. The van der Waals surface area contributed by atoms with E-state index in [2.05, 4.69) is 10.4 Å². The Morgan fingerprint density at radius 1 is 1.06 bits per heavy atom. The van der Waals surface area contributed by atoms with Crippen LogP contribution in [-0.2, 0) is 12.7 Å². The van der Waals surface area contributed by atoms with Gasteiger partial charge in [0.05, 0.1) is 21.8 Å². The highest BCUT2D eigenvalue weighted by atomic mass is 35.5. The van der Waals surface area contributed by atoms with Crippen LogP contribution in [-0.4, -0.2) is 21.7 Å². The lowest BCUT2D eigenvalue weighted by Crippen LogP contribution is -2.38.